The zero-order valence-corrected chi connectivity index (χ0v) is 17.0. The second kappa shape index (κ2) is 8.80. The molecule has 28 heavy (non-hydrogen) atoms. The van der Waals surface area contributed by atoms with Gasteiger partial charge in [-0.05, 0) is 43.5 Å². The number of hydrazine groups is 1. The Labute approximate surface area is 170 Å². The van der Waals surface area contributed by atoms with E-state index < -0.39 is 0 Å². The van der Waals surface area contributed by atoms with Gasteiger partial charge in [0.05, 0.1) is 5.69 Å². The normalized spacial score (nSPS) is 16.4. The number of hydrogen-bond donors (Lipinski definition) is 2. The van der Waals surface area contributed by atoms with Crippen molar-refractivity contribution < 1.29 is 4.79 Å². The minimum Gasteiger partial charge on any atom is -0.370 e. The molecule has 146 valence electrons. The van der Waals surface area contributed by atoms with E-state index in [0.29, 0.717) is 5.56 Å². The number of aliphatic imine (C=N–C) groups is 1. The molecule has 5 nitrogen and oxygen atoms in total. The van der Waals surface area contributed by atoms with Crippen molar-refractivity contribution in [2.75, 3.05) is 19.6 Å². The van der Waals surface area contributed by atoms with Crippen molar-refractivity contribution in [3.63, 3.8) is 0 Å². The quantitative estimate of drug-likeness (QED) is 0.809. The molecule has 2 aliphatic rings. The number of piperidine rings is 1. The summed E-state index contributed by atoms with van der Waals surface area (Å²) in [4.78, 5) is 19.9. The Balaban J connectivity index is 1.63. The van der Waals surface area contributed by atoms with Crippen LogP contribution in [0, 0.1) is 0 Å². The molecule has 0 aromatic heterocycles. The molecule has 2 aliphatic heterocycles. The number of benzene rings is 2. The third-order valence-corrected chi connectivity index (χ3v) is 6.11. The summed E-state index contributed by atoms with van der Waals surface area (Å²) in [5.41, 5.74) is 5.64. The highest BCUT2D eigenvalue weighted by atomic mass is 32.2. The second-order valence-corrected chi connectivity index (χ2v) is 8.24. The SMILES string of the molecule is CCCNC1=Nc2cc(C(=O)NN3CCCCC3)ccc2Sc2ccccc21. The zero-order chi connectivity index (χ0) is 19.3. The molecular weight excluding hydrogens is 368 g/mol. The smallest absolute Gasteiger partial charge is 0.265 e. The first kappa shape index (κ1) is 19.0. The van der Waals surface area contributed by atoms with Crippen LogP contribution >= 0.6 is 11.8 Å². The predicted molar refractivity (Wildman–Crippen MR) is 114 cm³/mol. The number of carbonyl (C=O) groups excluding carboxylic acids is 1. The summed E-state index contributed by atoms with van der Waals surface area (Å²) in [5.74, 6) is 0.812. The highest BCUT2D eigenvalue weighted by Crippen LogP contribution is 2.40. The van der Waals surface area contributed by atoms with Crippen molar-refractivity contribution in [3.8, 4) is 0 Å². The Morgan fingerprint density at radius 3 is 2.75 bits per heavy atom. The third kappa shape index (κ3) is 4.23. The largest absolute Gasteiger partial charge is 0.370 e. The van der Waals surface area contributed by atoms with Gasteiger partial charge in [-0.1, -0.05) is 43.3 Å². The monoisotopic (exact) mass is 394 g/mol. The van der Waals surface area contributed by atoms with Gasteiger partial charge < -0.3 is 5.32 Å². The van der Waals surface area contributed by atoms with Crippen molar-refractivity contribution in [2.24, 2.45) is 4.99 Å². The Bertz CT molecular complexity index is 890. The lowest BCUT2D eigenvalue weighted by atomic mass is 10.1. The maximum atomic E-state index is 12.7. The summed E-state index contributed by atoms with van der Waals surface area (Å²) < 4.78 is 0. The van der Waals surface area contributed by atoms with Gasteiger partial charge in [0.1, 0.15) is 5.84 Å². The van der Waals surface area contributed by atoms with Gasteiger partial charge in [-0.15, -0.1) is 0 Å². The van der Waals surface area contributed by atoms with Crippen LogP contribution in [-0.2, 0) is 0 Å². The van der Waals surface area contributed by atoms with E-state index in [1.807, 2.05) is 29.3 Å². The Kier molecular flexibility index (Phi) is 5.98. The van der Waals surface area contributed by atoms with E-state index in [-0.39, 0.29) is 5.91 Å². The van der Waals surface area contributed by atoms with E-state index in [4.69, 9.17) is 4.99 Å². The number of nitrogens with zero attached hydrogens (tertiary/aromatic N) is 2. The van der Waals surface area contributed by atoms with Crippen LogP contribution < -0.4 is 10.7 Å². The van der Waals surface area contributed by atoms with Crippen LogP contribution in [-0.4, -0.2) is 36.4 Å². The minimum absolute atomic E-state index is 0.0604. The third-order valence-electron chi connectivity index (χ3n) is 4.97. The van der Waals surface area contributed by atoms with Crippen molar-refractivity contribution in [1.29, 1.82) is 0 Å². The molecule has 1 saturated heterocycles. The van der Waals surface area contributed by atoms with Crippen LogP contribution in [0.25, 0.3) is 0 Å². The highest BCUT2D eigenvalue weighted by Gasteiger charge is 2.19. The number of carbonyl (C=O) groups is 1. The molecule has 0 spiro atoms. The summed E-state index contributed by atoms with van der Waals surface area (Å²) in [7, 11) is 0. The van der Waals surface area contributed by atoms with Crippen LogP contribution in [0.1, 0.15) is 48.5 Å². The Morgan fingerprint density at radius 2 is 1.93 bits per heavy atom. The highest BCUT2D eigenvalue weighted by molar-refractivity contribution is 7.99. The molecule has 6 heteroatoms. The molecule has 2 heterocycles. The summed E-state index contributed by atoms with van der Waals surface area (Å²) >= 11 is 1.70. The number of fused-ring (bicyclic) bond motifs is 2. The number of nitrogens with one attached hydrogen (secondary N) is 2. The molecule has 2 aromatic carbocycles. The molecule has 2 aromatic rings. The van der Waals surface area contributed by atoms with E-state index in [1.165, 1.54) is 11.3 Å². The fourth-order valence-corrected chi connectivity index (χ4v) is 4.48. The van der Waals surface area contributed by atoms with Gasteiger partial charge in [0.15, 0.2) is 0 Å². The van der Waals surface area contributed by atoms with Gasteiger partial charge >= 0.3 is 0 Å². The molecule has 4 rings (SSSR count). The first-order valence-electron chi connectivity index (χ1n) is 10.0. The molecule has 0 radical (unpaired) electrons. The first-order valence-corrected chi connectivity index (χ1v) is 10.9. The summed E-state index contributed by atoms with van der Waals surface area (Å²) in [6.45, 7) is 4.85. The fraction of sp³-hybridized carbons (Fsp3) is 0.364. The molecule has 0 unspecified atom stereocenters. The maximum absolute atomic E-state index is 12.7. The molecule has 1 fully saturated rings. The van der Waals surface area contributed by atoms with Crippen molar-refractivity contribution in [3.05, 3.63) is 53.6 Å². The van der Waals surface area contributed by atoms with Gasteiger partial charge in [-0.25, -0.2) is 10.0 Å². The number of hydrogen-bond acceptors (Lipinski definition) is 5. The number of amides is 1. The van der Waals surface area contributed by atoms with Crippen LogP contribution in [0.4, 0.5) is 5.69 Å². The van der Waals surface area contributed by atoms with Gasteiger partial charge in [-0.2, -0.15) is 0 Å². The molecule has 0 atom stereocenters. The summed E-state index contributed by atoms with van der Waals surface area (Å²) in [5, 5.41) is 5.48. The molecule has 0 bridgehead atoms. The van der Waals surface area contributed by atoms with Gasteiger partial charge in [0.2, 0.25) is 0 Å². The lowest BCUT2D eigenvalue weighted by molar-refractivity contribution is 0.0750. The average Bonchev–Trinajstić information content (AvgIpc) is 2.88. The topological polar surface area (TPSA) is 56.7 Å². The number of amidine groups is 1. The van der Waals surface area contributed by atoms with Gasteiger partial charge in [0, 0.05) is 40.6 Å². The lowest BCUT2D eigenvalue weighted by Gasteiger charge is -2.26. The van der Waals surface area contributed by atoms with E-state index in [9.17, 15) is 4.79 Å². The summed E-state index contributed by atoms with van der Waals surface area (Å²) in [6, 6.07) is 14.1. The van der Waals surface area contributed by atoms with Crippen molar-refractivity contribution in [2.45, 2.75) is 42.4 Å². The van der Waals surface area contributed by atoms with Crippen molar-refractivity contribution >= 4 is 29.2 Å². The second-order valence-electron chi connectivity index (χ2n) is 7.16. The van der Waals surface area contributed by atoms with Gasteiger partial charge in [0.25, 0.3) is 5.91 Å². The van der Waals surface area contributed by atoms with Crippen molar-refractivity contribution in [1.82, 2.24) is 15.8 Å². The fourth-order valence-electron chi connectivity index (χ4n) is 3.47. The van der Waals surface area contributed by atoms with E-state index in [0.717, 1.165) is 60.9 Å². The standard InChI is InChI=1S/C22H26N4OS/c1-2-12-23-21-17-8-4-5-9-19(17)28-20-11-10-16(15-18(20)24-21)22(27)25-26-13-6-3-7-14-26/h4-5,8-11,15H,2-3,6-7,12-14H2,1H3,(H,23,24)(H,25,27). The van der Waals surface area contributed by atoms with E-state index in [2.05, 4.69) is 35.9 Å². The number of rotatable bonds is 4. The molecular formula is C22H26N4OS. The predicted octanol–water partition coefficient (Wildman–Crippen LogP) is 4.36. The maximum Gasteiger partial charge on any atom is 0.265 e. The van der Waals surface area contributed by atoms with Crippen LogP contribution in [0.3, 0.4) is 0 Å². The molecule has 0 aliphatic carbocycles. The van der Waals surface area contributed by atoms with E-state index in [1.54, 1.807) is 11.8 Å². The van der Waals surface area contributed by atoms with Crippen LogP contribution in [0.5, 0.6) is 0 Å². The van der Waals surface area contributed by atoms with Crippen LogP contribution in [0.15, 0.2) is 57.2 Å². The minimum atomic E-state index is -0.0604. The van der Waals surface area contributed by atoms with E-state index >= 15 is 0 Å². The first-order chi connectivity index (χ1) is 13.7. The lowest BCUT2D eigenvalue weighted by Crippen LogP contribution is -2.45. The zero-order valence-electron chi connectivity index (χ0n) is 16.2. The average molecular weight is 395 g/mol. The summed E-state index contributed by atoms with van der Waals surface area (Å²) in [6.07, 6.45) is 4.54. The molecule has 1 amide bonds. The Morgan fingerprint density at radius 1 is 1.11 bits per heavy atom. The molecule has 0 saturated carbocycles. The van der Waals surface area contributed by atoms with Crippen LogP contribution in [0.2, 0.25) is 0 Å². The van der Waals surface area contributed by atoms with Gasteiger partial charge in [-0.3, -0.25) is 10.2 Å². The Hall–Kier alpha value is -2.31. The molecule has 2 N–H and O–H groups in total.